The summed E-state index contributed by atoms with van der Waals surface area (Å²) >= 11 is 6.11. The van der Waals surface area contributed by atoms with E-state index in [9.17, 15) is 14.4 Å². The number of benzene rings is 2. The normalized spacial score (nSPS) is 11.2. The molecule has 2 rings (SSSR count). The summed E-state index contributed by atoms with van der Waals surface area (Å²) in [6.07, 6.45) is -0.175. The Hall–Kier alpha value is -3.26. The van der Waals surface area contributed by atoms with Crippen molar-refractivity contribution in [1.29, 1.82) is 0 Å². The van der Waals surface area contributed by atoms with E-state index in [-0.39, 0.29) is 13.0 Å². The first-order chi connectivity index (χ1) is 13.3. The van der Waals surface area contributed by atoms with Gasteiger partial charge in [0.15, 0.2) is 6.61 Å². The van der Waals surface area contributed by atoms with E-state index in [4.69, 9.17) is 22.1 Å². The van der Waals surface area contributed by atoms with E-state index in [1.807, 2.05) is 19.1 Å². The molecule has 148 valence electrons. The van der Waals surface area contributed by atoms with Gasteiger partial charge < -0.3 is 15.8 Å². The monoisotopic (exact) mass is 404 g/mol. The number of carbonyl (C=O) groups is 3. The molecule has 1 atom stereocenters. The van der Waals surface area contributed by atoms with Crippen LogP contribution in [0.15, 0.2) is 48.5 Å². The second-order valence-electron chi connectivity index (χ2n) is 5.99. The average molecular weight is 405 g/mol. The van der Waals surface area contributed by atoms with Crippen molar-refractivity contribution in [1.82, 2.24) is 16.2 Å². The molecule has 9 heteroatoms. The van der Waals surface area contributed by atoms with Gasteiger partial charge in [-0.05, 0) is 36.2 Å². The minimum atomic E-state index is -0.798. The molecule has 0 saturated carbocycles. The average Bonchev–Trinajstić information content (AvgIpc) is 2.64. The molecular weight excluding hydrogens is 384 g/mol. The van der Waals surface area contributed by atoms with Gasteiger partial charge in [-0.25, -0.2) is 4.79 Å². The van der Waals surface area contributed by atoms with Crippen LogP contribution in [0.25, 0.3) is 0 Å². The minimum Gasteiger partial charge on any atom is -0.484 e. The maximum atomic E-state index is 12.1. The highest BCUT2D eigenvalue weighted by Crippen LogP contribution is 2.24. The smallest absolute Gasteiger partial charge is 0.312 e. The molecule has 0 bridgehead atoms. The molecule has 4 amide bonds. The number of nitrogens with two attached hydrogens (primary N) is 1. The lowest BCUT2D eigenvalue weighted by Gasteiger charge is -2.19. The van der Waals surface area contributed by atoms with Crippen LogP contribution in [0.4, 0.5) is 4.79 Å². The molecule has 8 nitrogen and oxygen atoms in total. The number of aryl methyl sites for hydroxylation is 1. The molecule has 0 aliphatic heterocycles. The van der Waals surface area contributed by atoms with E-state index in [1.165, 1.54) is 0 Å². The van der Waals surface area contributed by atoms with Crippen LogP contribution < -0.4 is 26.6 Å². The van der Waals surface area contributed by atoms with Gasteiger partial charge in [-0.3, -0.25) is 20.4 Å². The largest absolute Gasteiger partial charge is 0.484 e. The second-order valence-corrected chi connectivity index (χ2v) is 6.40. The number of rotatable bonds is 7. The molecule has 0 saturated heterocycles. The molecule has 0 radical (unpaired) electrons. The van der Waals surface area contributed by atoms with Crippen LogP contribution >= 0.6 is 11.6 Å². The maximum Gasteiger partial charge on any atom is 0.312 e. The number of urea groups is 1. The molecule has 5 N–H and O–H groups in total. The van der Waals surface area contributed by atoms with Crippen molar-refractivity contribution in [3.63, 3.8) is 0 Å². The van der Waals surface area contributed by atoms with Crippen LogP contribution in [0.1, 0.15) is 23.6 Å². The van der Waals surface area contributed by atoms with Gasteiger partial charge in [0.25, 0.3) is 5.91 Å². The summed E-state index contributed by atoms with van der Waals surface area (Å²) in [5.74, 6) is -0.527. The van der Waals surface area contributed by atoms with Crippen molar-refractivity contribution in [2.45, 2.75) is 19.4 Å². The third kappa shape index (κ3) is 6.81. The van der Waals surface area contributed by atoms with Crippen LogP contribution in [0.5, 0.6) is 5.75 Å². The maximum absolute atomic E-state index is 12.1. The fourth-order valence-electron chi connectivity index (χ4n) is 2.43. The lowest BCUT2D eigenvalue weighted by Crippen LogP contribution is -2.45. The van der Waals surface area contributed by atoms with Crippen LogP contribution in [0, 0.1) is 6.92 Å². The Bertz CT molecular complexity index is 859. The van der Waals surface area contributed by atoms with Crippen molar-refractivity contribution in [3.05, 3.63) is 64.7 Å². The first-order valence-corrected chi connectivity index (χ1v) is 8.80. The molecule has 0 aliphatic rings. The van der Waals surface area contributed by atoms with Gasteiger partial charge in [0.2, 0.25) is 5.91 Å². The molecular formula is C19H21ClN4O4. The number of carbonyl (C=O) groups excluding carboxylic acids is 3. The van der Waals surface area contributed by atoms with Gasteiger partial charge in [-0.2, -0.15) is 0 Å². The van der Waals surface area contributed by atoms with Crippen molar-refractivity contribution in [3.8, 4) is 5.75 Å². The van der Waals surface area contributed by atoms with Gasteiger partial charge in [-0.15, -0.1) is 0 Å². The predicted octanol–water partition coefficient (Wildman–Crippen LogP) is 1.97. The van der Waals surface area contributed by atoms with E-state index < -0.39 is 23.9 Å². The molecule has 28 heavy (non-hydrogen) atoms. The Morgan fingerprint density at radius 3 is 2.46 bits per heavy atom. The number of primary amides is 1. The molecule has 0 fully saturated rings. The SMILES string of the molecule is Cc1cccc(OCC(=O)NNC(=O)C[C@@H](NC(N)=O)c2ccccc2Cl)c1. The predicted molar refractivity (Wildman–Crippen MR) is 104 cm³/mol. The van der Waals surface area contributed by atoms with Crippen molar-refractivity contribution in [2.75, 3.05) is 6.61 Å². The van der Waals surface area contributed by atoms with E-state index in [0.29, 0.717) is 16.3 Å². The standard InChI is InChI=1S/C19H21ClN4O4/c1-12-5-4-6-13(9-12)28-11-18(26)24-23-17(25)10-16(22-19(21)27)14-7-2-3-8-15(14)20/h2-9,16H,10-11H2,1H3,(H,23,25)(H,24,26)(H3,21,22,27)/t16-/m1/s1. The first kappa shape index (κ1) is 21.0. The summed E-state index contributed by atoms with van der Waals surface area (Å²) in [6, 6.07) is 12.4. The topological polar surface area (TPSA) is 123 Å². The van der Waals surface area contributed by atoms with Gasteiger partial charge in [0.1, 0.15) is 5.75 Å². The number of hydrazine groups is 1. The molecule has 0 heterocycles. The highest BCUT2D eigenvalue weighted by molar-refractivity contribution is 6.31. The number of hydrogen-bond donors (Lipinski definition) is 4. The number of hydrogen-bond acceptors (Lipinski definition) is 4. The van der Waals surface area contributed by atoms with Crippen molar-refractivity contribution >= 4 is 29.4 Å². The fourth-order valence-corrected chi connectivity index (χ4v) is 2.70. The zero-order valence-electron chi connectivity index (χ0n) is 15.2. The summed E-state index contributed by atoms with van der Waals surface area (Å²) in [5.41, 5.74) is 11.2. The Morgan fingerprint density at radius 2 is 1.79 bits per heavy atom. The number of halogens is 1. The van der Waals surface area contributed by atoms with Crippen LogP contribution in [-0.2, 0) is 9.59 Å². The zero-order valence-corrected chi connectivity index (χ0v) is 16.0. The number of nitrogens with one attached hydrogen (secondary N) is 3. The van der Waals surface area contributed by atoms with Crippen LogP contribution in [-0.4, -0.2) is 24.5 Å². The highest BCUT2D eigenvalue weighted by Gasteiger charge is 2.20. The highest BCUT2D eigenvalue weighted by atomic mass is 35.5. The van der Waals surface area contributed by atoms with Crippen LogP contribution in [0.3, 0.4) is 0 Å². The van der Waals surface area contributed by atoms with Gasteiger partial charge >= 0.3 is 6.03 Å². The number of ether oxygens (including phenoxy) is 1. The van der Waals surface area contributed by atoms with E-state index in [2.05, 4.69) is 16.2 Å². The molecule has 2 aromatic rings. The third-order valence-corrected chi connectivity index (χ3v) is 4.03. The fraction of sp³-hybridized carbons (Fsp3) is 0.211. The van der Waals surface area contributed by atoms with Crippen molar-refractivity contribution in [2.24, 2.45) is 5.73 Å². The van der Waals surface area contributed by atoms with E-state index in [1.54, 1.807) is 36.4 Å². The minimum absolute atomic E-state index is 0.175. The van der Waals surface area contributed by atoms with Crippen LogP contribution in [0.2, 0.25) is 5.02 Å². The lowest BCUT2D eigenvalue weighted by atomic mass is 10.0. The van der Waals surface area contributed by atoms with Gasteiger partial charge in [0.05, 0.1) is 12.5 Å². The summed E-state index contributed by atoms with van der Waals surface area (Å²) in [4.78, 5) is 35.2. The number of amides is 4. The molecule has 0 aliphatic carbocycles. The third-order valence-electron chi connectivity index (χ3n) is 3.69. The molecule has 0 spiro atoms. The molecule has 2 aromatic carbocycles. The zero-order chi connectivity index (χ0) is 20.5. The Morgan fingerprint density at radius 1 is 1.07 bits per heavy atom. The summed E-state index contributed by atoms with van der Waals surface area (Å²) in [6.45, 7) is 1.64. The van der Waals surface area contributed by atoms with Crippen molar-refractivity contribution < 1.29 is 19.1 Å². The Labute approximate surface area is 167 Å². The summed E-state index contributed by atoms with van der Waals surface area (Å²) in [7, 11) is 0. The molecule has 0 unspecified atom stereocenters. The van der Waals surface area contributed by atoms with E-state index >= 15 is 0 Å². The molecule has 0 aromatic heterocycles. The first-order valence-electron chi connectivity index (χ1n) is 8.42. The van der Waals surface area contributed by atoms with Gasteiger partial charge in [0, 0.05) is 5.02 Å². The van der Waals surface area contributed by atoms with E-state index in [0.717, 1.165) is 5.56 Å². The quantitative estimate of drug-likeness (QED) is 0.527. The summed E-state index contributed by atoms with van der Waals surface area (Å²) < 4.78 is 5.35. The Balaban J connectivity index is 1.85. The summed E-state index contributed by atoms with van der Waals surface area (Å²) in [5, 5.41) is 2.84. The lowest BCUT2D eigenvalue weighted by molar-refractivity contribution is -0.130. The second kappa shape index (κ2) is 10.2. The van der Waals surface area contributed by atoms with Gasteiger partial charge in [-0.1, -0.05) is 41.9 Å². The Kier molecular flexibility index (Phi) is 7.65.